The van der Waals surface area contributed by atoms with Gasteiger partial charge in [-0.2, -0.15) is 0 Å². The monoisotopic (exact) mass is 490 g/mol. The number of hydrogen-bond acceptors (Lipinski definition) is 6. The van der Waals surface area contributed by atoms with Crippen molar-refractivity contribution < 1.29 is 23.4 Å². The second-order valence-electron chi connectivity index (χ2n) is 8.29. The molecule has 0 amide bonds. The fraction of sp³-hybridized carbons (Fsp3) is 0.214. The van der Waals surface area contributed by atoms with E-state index in [1.165, 1.54) is 6.26 Å². The molecule has 178 valence electrons. The van der Waals surface area contributed by atoms with Crippen molar-refractivity contribution >= 4 is 28.5 Å². The Balaban J connectivity index is 1.53. The standard InChI is InChI=1S/C28H23ClO6/c1-2-4-19-13-21-25(15-24(19)35-28(31)17-5-8-20(29)9-6-17)34-16-22(27(21)30)18-7-10-23-26(14-18)33-12-3-11-32-23/h5-10,13-16H,2-4,11-12H2,1H3. The number of aryl methyl sites for hydroxylation is 1. The lowest BCUT2D eigenvalue weighted by atomic mass is 10.0. The fourth-order valence-electron chi connectivity index (χ4n) is 4.04. The summed E-state index contributed by atoms with van der Waals surface area (Å²) in [7, 11) is 0. The fourth-order valence-corrected chi connectivity index (χ4v) is 4.16. The Hall–Kier alpha value is -3.77. The molecule has 35 heavy (non-hydrogen) atoms. The maximum Gasteiger partial charge on any atom is 0.343 e. The van der Waals surface area contributed by atoms with E-state index in [4.69, 9.17) is 30.2 Å². The summed E-state index contributed by atoms with van der Waals surface area (Å²) in [6.45, 7) is 3.17. The van der Waals surface area contributed by atoms with E-state index in [0.29, 0.717) is 69.6 Å². The first-order valence-corrected chi connectivity index (χ1v) is 11.9. The molecule has 5 rings (SSSR count). The third kappa shape index (κ3) is 4.75. The van der Waals surface area contributed by atoms with Gasteiger partial charge in [-0.1, -0.05) is 31.0 Å². The zero-order valence-corrected chi connectivity index (χ0v) is 19.9. The van der Waals surface area contributed by atoms with E-state index in [1.807, 2.05) is 13.0 Å². The molecule has 7 heteroatoms. The molecule has 3 aromatic carbocycles. The Morgan fingerprint density at radius 1 is 1.00 bits per heavy atom. The van der Waals surface area contributed by atoms with E-state index < -0.39 is 5.97 Å². The Labute approximate surface area is 207 Å². The molecule has 0 bridgehead atoms. The Morgan fingerprint density at radius 2 is 1.77 bits per heavy atom. The number of ether oxygens (including phenoxy) is 3. The van der Waals surface area contributed by atoms with Crippen LogP contribution in [0.3, 0.4) is 0 Å². The van der Waals surface area contributed by atoms with Crippen molar-refractivity contribution in [1.29, 1.82) is 0 Å². The summed E-state index contributed by atoms with van der Waals surface area (Å²) in [6, 6.07) is 15.3. The number of carbonyl (C=O) groups excluding carboxylic acids is 1. The van der Waals surface area contributed by atoms with E-state index >= 15 is 0 Å². The van der Waals surface area contributed by atoms with Gasteiger partial charge in [-0.05, 0) is 60.0 Å². The van der Waals surface area contributed by atoms with Crippen LogP contribution < -0.4 is 19.6 Å². The highest BCUT2D eigenvalue weighted by molar-refractivity contribution is 6.30. The summed E-state index contributed by atoms with van der Waals surface area (Å²) in [6.07, 6.45) is 3.67. The van der Waals surface area contributed by atoms with Crippen LogP contribution in [0.15, 0.2) is 70.1 Å². The number of benzene rings is 3. The third-order valence-electron chi connectivity index (χ3n) is 5.82. The molecule has 0 saturated carbocycles. The first kappa shape index (κ1) is 23.0. The molecule has 0 spiro atoms. The van der Waals surface area contributed by atoms with E-state index in [-0.39, 0.29) is 5.43 Å². The van der Waals surface area contributed by atoms with Gasteiger partial charge in [-0.25, -0.2) is 4.79 Å². The topological polar surface area (TPSA) is 75.0 Å². The second-order valence-corrected chi connectivity index (χ2v) is 8.73. The highest BCUT2D eigenvalue weighted by Crippen LogP contribution is 2.34. The maximum absolute atomic E-state index is 13.5. The molecule has 4 aromatic rings. The molecule has 0 aliphatic carbocycles. The summed E-state index contributed by atoms with van der Waals surface area (Å²) in [5.74, 6) is 1.12. The normalized spacial score (nSPS) is 12.9. The molecular formula is C28H23ClO6. The van der Waals surface area contributed by atoms with Crippen LogP contribution in [0, 0.1) is 0 Å². The van der Waals surface area contributed by atoms with Crippen LogP contribution in [0.25, 0.3) is 22.1 Å². The van der Waals surface area contributed by atoms with Crippen molar-refractivity contribution in [1.82, 2.24) is 0 Å². The van der Waals surface area contributed by atoms with Gasteiger partial charge in [0.1, 0.15) is 17.6 Å². The van der Waals surface area contributed by atoms with Gasteiger partial charge in [-0.3, -0.25) is 4.79 Å². The van der Waals surface area contributed by atoms with Crippen molar-refractivity contribution in [2.45, 2.75) is 26.2 Å². The SMILES string of the molecule is CCCc1cc2c(=O)c(-c3ccc4c(c3)OCCCO4)coc2cc1OC(=O)c1ccc(Cl)cc1. The predicted molar refractivity (Wildman–Crippen MR) is 134 cm³/mol. The number of rotatable bonds is 5. The molecule has 0 radical (unpaired) electrons. The van der Waals surface area contributed by atoms with Crippen molar-refractivity contribution in [2.24, 2.45) is 0 Å². The Bertz CT molecular complexity index is 1460. The summed E-state index contributed by atoms with van der Waals surface area (Å²) >= 11 is 5.92. The lowest BCUT2D eigenvalue weighted by Gasteiger charge is -2.12. The molecule has 0 saturated heterocycles. The van der Waals surface area contributed by atoms with Gasteiger partial charge in [0.15, 0.2) is 11.5 Å². The number of fused-ring (bicyclic) bond motifs is 2. The molecular weight excluding hydrogens is 468 g/mol. The molecule has 1 aliphatic heterocycles. The van der Waals surface area contributed by atoms with Gasteiger partial charge in [0.25, 0.3) is 0 Å². The quantitative estimate of drug-likeness (QED) is 0.236. The van der Waals surface area contributed by atoms with Gasteiger partial charge in [0.2, 0.25) is 5.43 Å². The van der Waals surface area contributed by atoms with Crippen LogP contribution in [-0.2, 0) is 6.42 Å². The van der Waals surface area contributed by atoms with Gasteiger partial charge < -0.3 is 18.6 Å². The molecule has 0 unspecified atom stereocenters. The molecule has 6 nitrogen and oxygen atoms in total. The molecule has 0 N–H and O–H groups in total. The summed E-state index contributed by atoms with van der Waals surface area (Å²) < 4.78 is 23.0. The largest absolute Gasteiger partial charge is 0.490 e. The van der Waals surface area contributed by atoms with Crippen LogP contribution in [0.4, 0.5) is 0 Å². The molecule has 1 aliphatic rings. The number of carbonyl (C=O) groups is 1. The zero-order chi connectivity index (χ0) is 24.4. The minimum atomic E-state index is -0.510. The summed E-state index contributed by atoms with van der Waals surface area (Å²) in [5.41, 5.74) is 2.40. The smallest absolute Gasteiger partial charge is 0.343 e. The van der Waals surface area contributed by atoms with Crippen LogP contribution in [0.2, 0.25) is 5.02 Å². The third-order valence-corrected chi connectivity index (χ3v) is 6.07. The van der Waals surface area contributed by atoms with Crippen LogP contribution >= 0.6 is 11.6 Å². The minimum absolute atomic E-state index is 0.173. The van der Waals surface area contributed by atoms with Crippen LogP contribution in [-0.4, -0.2) is 19.2 Å². The van der Waals surface area contributed by atoms with Gasteiger partial charge in [-0.15, -0.1) is 0 Å². The summed E-state index contributed by atoms with van der Waals surface area (Å²) in [5, 5.41) is 0.953. The van der Waals surface area contributed by atoms with E-state index in [9.17, 15) is 9.59 Å². The molecule has 1 aromatic heterocycles. The molecule has 0 atom stereocenters. The lowest BCUT2D eigenvalue weighted by Crippen LogP contribution is -2.11. The summed E-state index contributed by atoms with van der Waals surface area (Å²) in [4.78, 5) is 26.1. The van der Waals surface area contributed by atoms with Crippen molar-refractivity contribution in [3.8, 4) is 28.4 Å². The first-order chi connectivity index (χ1) is 17.0. The van der Waals surface area contributed by atoms with Gasteiger partial charge >= 0.3 is 5.97 Å². The lowest BCUT2D eigenvalue weighted by molar-refractivity contribution is 0.0733. The zero-order valence-electron chi connectivity index (χ0n) is 19.1. The predicted octanol–water partition coefficient (Wildman–Crippen LogP) is 6.45. The van der Waals surface area contributed by atoms with Crippen LogP contribution in [0.1, 0.15) is 35.7 Å². The molecule has 0 fully saturated rings. The Kier molecular flexibility index (Phi) is 6.47. The van der Waals surface area contributed by atoms with E-state index in [1.54, 1.807) is 48.5 Å². The molecule has 2 heterocycles. The Morgan fingerprint density at radius 3 is 2.54 bits per heavy atom. The minimum Gasteiger partial charge on any atom is -0.490 e. The van der Waals surface area contributed by atoms with Crippen molar-refractivity contribution in [3.05, 3.63) is 87.2 Å². The first-order valence-electron chi connectivity index (χ1n) is 11.5. The average molecular weight is 491 g/mol. The van der Waals surface area contributed by atoms with Crippen molar-refractivity contribution in [2.75, 3.05) is 13.2 Å². The average Bonchev–Trinajstić information content (AvgIpc) is 3.10. The van der Waals surface area contributed by atoms with Crippen molar-refractivity contribution in [3.63, 3.8) is 0 Å². The van der Waals surface area contributed by atoms with Gasteiger partial charge in [0, 0.05) is 17.5 Å². The second kappa shape index (κ2) is 9.84. The highest BCUT2D eigenvalue weighted by Gasteiger charge is 2.18. The van der Waals surface area contributed by atoms with E-state index in [0.717, 1.165) is 18.4 Å². The number of halogens is 1. The van der Waals surface area contributed by atoms with Gasteiger partial charge in [0.05, 0.1) is 29.7 Å². The van der Waals surface area contributed by atoms with Crippen LogP contribution in [0.5, 0.6) is 17.2 Å². The number of hydrogen-bond donors (Lipinski definition) is 0. The maximum atomic E-state index is 13.5. The van der Waals surface area contributed by atoms with E-state index in [2.05, 4.69) is 0 Å². The highest BCUT2D eigenvalue weighted by atomic mass is 35.5. The number of esters is 1.